The number of ether oxygens (including phenoxy) is 1. The van der Waals surface area contributed by atoms with Crippen molar-refractivity contribution >= 4 is 70.9 Å². The van der Waals surface area contributed by atoms with E-state index in [1.165, 1.54) is 131 Å². The molecule has 0 aliphatic carbocycles. The molecule has 1 heterocycles. The summed E-state index contributed by atoms with van der Waals surface area (Å²) in [7, 11) is 0. The third-order valence-electron chi connectivity index (χ3n) is 23.2. The summed E-state index contributed by atoms with van der Waals surface area (Å²) in [6.45, 7) is 3.74. The average Bonchev–Trinajstić information content (AvgIpc) is 0.777. The van der Waals surface area contributed by atoms with Crippen LogP contribution >= 0.6 is 47.0 Å². The van der Waals surface area contributed by atoms with Crippen molar-refractivity contribution in [1.29, 1.82) is 0 Å². The Hall–Kier alpha value is -9.92. The smallest absolute Gasteiger partial charge is 0.313 e. The Morgan fingerprint density at radius 2 is 0.460 bits per heavy atom. The largest absolute Gasteiger partial charge is 0.481 e. The van der Waals surface area contributed by atoms with Gasteiger partial charge in [-0.05, 0) is 167 Å². The fourth-order valence-corrected chi connectivity index (χ4v) is 23.1. The van der Waals surface area contributed by atoms with E-state index in [1.54, 1.807) is 0 Å². The molecule has 0 spiro atoms. The molecule has 12 heteroatoms. The highest BCUT2D eigenvalue weighted by Crippen LogP contribution is 2.53. The summed E-state index contributed by atoms with van der Waals surface area (Å²) in [5.74, 6) is 2.82. The molecule has 124 heavy (non-hydrogen) atoms. The Morgan fingerprint density at radius 1 is 0.266 bits per heavy atom. The maximum atomic E-state index is 13.4. The number of rotatable bonds is 50. The average molecular weight is 1720 g/mol. The first-order valence-corrected chi connectivity index (χ1v) is 49.3. The molecule has 0 saturated carbocycles. The SMILES string of the molecule is O=C(O)CCCC(=O)N(CCCCCCCCSC(c1ccccc1)(c1ccccc1)c1ccccc1)CCCCCCSC(c1ccccc1)(c1ccccc1)c1ccccc1.O=C1CCCC(=O)O1.c1ccc(C(SCCCCCCNCCCCCCSC(c2ccccc2)(c2ccccc2)c2ccccc2)(c2ccccc2)c2ccccc2)cc1. The van der Waals surface area contributed by atoms with Gasteiger partial charge in [-0.3, -0.25) is 19.2 Å². The van der Waals surface area contributed by atoms with Crippen LogP contribution in [0.3, 0.4) is 0 Å². The number of carboxylic acids is 1. The third kappa shape index (κ3) is 28.0. The van der Waals surface area contributed by atoms with Crippen LogP contribution < -0.4 is 5.32 Å². The van der Waals surface area contributed by atoms with E-state index < -0.39 is 5.97 Å². The van der Waals surface area contributed by atoms with Gasteiger partial charge in [0.15, 0.2) is 0 Å². The molecule has 0 atom stereocenters. The Kier molecular flexibility index (Phi) is 40.8. The van der Waals surface area contributed by atoms with Crippen LogP contribution in [-0.4, -0.2) is 83.0 Å². The Bertz CT molecular complexity index is 4380. The molecule has 2 N–H and O–H groups in total. The first-order chi connectivity index (χ1) is 61.2. The number of aliphatic carboxylic acids is 1. The molecular weight excluding hydrogens is 1600 g/mol. The van der Waals surface area contributed by atoms with Crippen molar-refractivity contribution in [1.82, 2.24) is 10.2 Å². The lowest BCUT2D eigenvalue weighted by atomic mass is 9.84. The van der Waals surface area contributed by atoms with Crippen molar-refractivity contribution in [3.05, 3.63) is 431 Å². The van der Waals surface area contributed by atoms with Crippen molar-refractivity contribution in [2.24, 2.45) is 0 Å². The monoisotopic (exact) mass is 1720 g/mol. The van der Waals surface area contributed by atoms with E-state index in [0.29, 0.717) is 32.1 Å². The second-order valence-corrected chi connectivity index (χ2v) is 37.2. The van der Waals surface area contributed by atoms with Crippen LogP contribution in [-0.2, 0) is 42.9 Å². The summed E-state index contributed by atoms with van der Waals surface area (Å²) >= 11 is 8.24. The normalized spacial score (nSPS) is 12.3. The second kappa shape index (κ2) is 53.4. The highest BCUT2D eigenvalue weighted by atomic mass is 32.2. The molecule has 0 aromatic heterocycles. The van der Waals surface area contributed by atoms with Crippen LogP contribution in [0.15, 0.2) is 364 Å². The maximum Gasteiger partial charge on any atom is 0.313 e. The molecule has 644 valence electrons. The third-order valence-corrected chi connectivity index (χ3v) is 29.7. The van der Waals surface area contributed by atoms with Crippen LogP contribution in [0, 0.1) is 0 Å². The lowest BCUT2D eigenvalue weighted by Gasteiger charge is -2.35. The lowest BCUT2D eigenvalue weighted by molar-refractivity contribution is -0.163. The number of benzene rings is 12. The summed E-state index contributed by atoms with van der Waals surface area (Å²) < 4.78 is 3.21. The lowest BCUT2D eigenvalue weighted by Crippen LogP contribution is -2.33. The van der Waals surface area contributed by atoms with Crippen molar-refractivity contribution in [2.45, 2.75) is 173 Å². The number of nitrogens with zero attached hydrogens (tertiary/aromatic N) is 1. The fourth-order valence-electron chi connectivity index (χ4n) is 16.9. The van der Waals surface area contributed by atoms with Crippen LogP contribution in [0.5, 0.6) is 0 Å². The Balaban J connectivity index is 0.000000223. The number of amides is 1. The van der Waals surface area contributed by atoms with E-state index >= 15 is 0 Å². The number of carbonyl (C=O) groups excluding carboxylic acids is 3. The van der Waals surface area contributed by atoms with Crippen LogP contribution in [0.25, 0.3) is 0 Å². The molecule has 0 bridgehead atoms. The van der Waals surface area contributed by atoms with Crippen LogP contribution in [0.1, 0.15) is 221 Å². The minimum Gasteiger partial charge on any atom is -0.481 e. The molecule has 12 aromatic carbocycles. The number of hydrogen-bond donors (Lipinski definition) is 2. The first kappa shape index (κ1) is 94.7. The maximum absolute atomic E-state index is 13.4. The number of nitrogens with one attached hydrogen (secondary N) is 1. The molecule has 1 saturated heterocycles. The summed E-state index contributed by atoms with van der Waals surface area (Å²) in [6.07, 6.45) is 23.2. The van der Waals surface area contributed by atoms with Gasteiger partial charge in [0.25, 0.3) is 0 Å². The number of unbranched alkanes of at least 4 members (excludes halogenated alkanes) is 14. The van der Waals surface area contributed by atoms with Crippen molar-refractivity contribution in [2.75, 3.05) is 49.2 Å². The van der Waals surface area contributed by atoms with Crippen molar-refractivity contribution in [3.8, 4) is 0 Å². The van der Waals surface area contributed by atoms with Gasteiger partial charge in [-0.1, -0.05) is 428 Å². The summed E-state index contributed by atoms with van der Waals surface area (Å²) in [5, 5.41) is 12.9. The number of thioether (sulfide) groups is 4. The Labute approximate surface area is 757 Å². The quantitative estimate of drug-likeness (QED) is 0.0164. The highest BCUT2D eigenvalue weighted by molar-refractivity contribution is 8.01. The second-order valence-electron chi connectivity index (χ2n) is 32.0. The first-order valence-electron chi connectivity index (χ1n) is 45.3. The van der Waals surface area contributed by atoms with E-state index in [-0.39, 0.29) is 43.3 Å². The van der Waals surface area contributed by atoms with Crippen LogP contribution in [0.4, 0.5) is 0 Å². The molecule has 8 nitrogen and oxygen atoms in total. The van der Waals surface area contributed by atoms with Crippen LogP contribution in [0.2, 0.25) is 0 Å². The predicted octanol–water partition coefficient (Wildman–Crippen LogP) is 27.8. The van der Waals surface area contributed by atoms with Gasteiger partial charge >= 0.3 is 17.9 Å². The van der Waals surface area contributed by atoms with Gasteiger partial charge in [-0.25, -0.2) is 0 Å². The van der Waals surface area contributed by atoms with Crippen molar-refractivity contribution < 1.29 is 29.0 Å². The van der Waals surface area contributed by atoms with E-state index in [1.807, 2.05) is 28.4 Å². The molecule has 13 rings (SSSR count). The number of esters is 2. The van der Waals surface area contributed by atoms with Gasteiger partial charge in [-0.15, -0.1) is 47.0 Å². The molecule has 12 aromatic rings. The number of hydrogen-bond acceptors (Lipinski definition) is 10. The predicted molar refractivity (Wildman–Crippen MR) is 526 cm³/mol. The molecule has 1 aliphatic heterocycles. The summed E-state index contributed by atoms with van der Waals surface area (Å²) in [4.78, 5) is 47.0. The molecule has 1 fully saturated rings. The number of carbonyl (C=O) groups is 4. The summed E-state index contributed by atoms with van der Waals surface area (Å²) in [6, 6.07) is 132. The van der Waals surface area contributed by atoms with Gasteiger partial charge in [0, 0.05) is 38.8 Å². The zero-order chi connectivity index (χ0) is 86.1. The highest BCUT2D eigenvalue weighted by Gasteiger charge is 2.41. The van der Waals surface area contributed by atoms with E-state index in [4.69, 9.17) is 0 Å². The molecular formula is C112H126N2O6S4. The van der Waals surface area contributed by atoms with E-state index in [2.05, 4.69) is 398 Å². The van der Waals surface area contributed by atoms with Crippen molar-refractivity contribution in [3.63, 3.8) is 0 Å². The van der Waals surface area contributed by atoms with Gasteiger partial charge in [0.2, 0.25) is 5.91 Å². The number of cyclic esters (lactones) is 2. The van der Waals surface area contributed by atoms with Gasteiger partial charge in [-0.2, -0.15) is 0 Å². The van der Waals surface area contributed by atoms with Gasteiger partial charge < -0.3 is 20.1 Å². The Morgan fingerprint density at radius 3 is 0.653 bits per heavy atom. The van der Waals surface area contributed by atoms with Gasteiger partial charge in [0.1, 0.15) is 0 Å². The standard InChI is InChI=1S/C57H65NO3S2.C50H55NS2.C5H6O3/c59-54(42-29-43-55(60)61)58(45-26-4-6-28-47-63-57(51-36-19-10-20-37-51,52-38-21-11-22-39-52)53-40-23-12-24-41-53)44-25-3-1-2-5-27-46-62-56(48-30-13-7-14-31-48,49-32-15-8-16-33-49)50-34-17-9-18-35-50;1(3-25-41-52-49(43-27-11-5-12-28-43,44-29-13-6-14-30-44)45-31-15-7-16-32-45)23-39-51-40-24-2-4-26-42-53-50(46-33-17-8-18-34-46,47-35-19-9-20-36-47)48-37-21-10-22-38-48;6-4-2-1-3-5(7)8-4/h7-24,30-41H,1-6,25-29,42-47H2,(H,60,61);5-22,27-38,51H,1-4,23-26,39-42H2;1-3H2. The van der Waals surface area contributed by atoms with Gasteiger partial charge in [0.05, 0.1) is 19.0 Å². The van der Waals surface area contributed by atoms with E-state index in [9.17, 15) is 24.3 Å². The van der Waals surface area contributed by atoms with E-state index in [0.717, 1.165) is 101 Å². The minimum absolute atomic E-state index is 0.0368. The molecule has 1 amide bonds. The zero-order valence-corrected chi connectivity index (χ0v) is 75.6. The fraction of sp³-hybridized carbons (Fsp3) is 0.321. The zero-order valence-electron chi connectivity index (χ0n) is 72.3. The number of carboxylic acid groups (broad SMARTS) is 1. The topological polar surface area (TPSA) is 113 Å². The molecule has 0 radical (unpaired) electrons. The minimum atomic E-state index is -0.840. The molecule has 0 unspecified atom stereocenters. The summed E-state index contributed by atoms with van der Waals surface area (Å²) in [5.41, 5.74) is 15.9. The molecule has 1 aliphatic rings.